The Hall–Kier alpha value is -2.70. The molecule has 0 bridgehead atoms. The van der Waals surface area contributed by atoms with Gasteiger partial charge in [-0.15, -0.1) is 0 Å². The second-order valence-electron chi connectivity index (χ2n) is 11.4. The van der Waals surface area contributed by atoms with Crippen LogP contribution in [0.15, 0.2) is 54.6 Å². The van der Waals surface area contributed by atoms with Crippen LogP contribution in [-0.2, 0) is 16.0 Å². The van der Waals surface area contributed by atoms with Crippen LogP contribution in [0.2, 0.25) is 0 Å². The predicted octanol–water partition coefficient (Wildman–Crippen LogP) is 4.03. The molecule has 0 radical (unpaired) electrons. The summed E-state index contributed by atoms with van der Waals surface area (Å²) in [5.74, 6) is 0.590. The Morgan fingerprint density at radius 1 is 1.03 bits per heavy atom. The summed E-state index contributed by atoms with van der Waals surface area (Å²) >= 11 is 0. The number of benzene rings is 2. The summed E-state index contributed by atoms with van der Waals surface area (Å²) < 4.78 is 5.71. The summed E-state index contributed by atoms with van der Waals surface area (Å²) in [5.41, 5.74) is 2.48. The molecular formula is C30H36N2O4. The molecule has 4 atom stereocenters. The molecule has 3 saturated heterocycles. The molecule has 36 heavy (non-hydrogen) atoms. The van der Waals surface area contributed by atoms with Gasteiger partial charge in [-0.2, -0.15) is 0 Å². The molecule has 4 fully saturated rings. The molecular weight excluding hydrogens is 452 g/mol. The third kappa shape index (κ3) is 4.69. The Kier molecular flexibility index (Phi) is 6.34. The second kappa shape index (κ2) is 9.64. The first-order valence-corrected chi connectivity index (χ1v) is 13.6. The maximum atomic E-state index is 13.1. The van der Waals surface area contributed by atoms with Crippen molar-refractivity contribution in [2.24, 2.45) is 11.3 Å². The smallest absolute Gasteiger partial charge is 0.312 e. The highest BCUT2D eigenvalue weighted by molar-refractivity contribution is 5.94. The third-order valence-corrected chi connectivity index (χ3v) is 8.92. The number of esters is 1. The summed E-state index contributed by atoms with van der Waals surface area (Å²) in [6.07, 6.45) is 7.09. The first kappa shape index (κ1) is 23.7. The average Bonchev–Trinajstić information content (AvgIpc) is 3.59. The minimum Gasteiger partial charge on any atom is -0.462 e. The normalized spacial score (nSPS) is 28.3. The number of aliphatic hydroxyl groups excluding tert-OH is 1. The number of nitrogens with zero attached hydrogens (tertiary/aromatic N) is 1. The number of hydrogen-bond donors (Lipinski definition) is 2. The molecule has 2 aromatic rings. The number of hydrogen-bond acceptors (Lipinski definition) is 5. The summed E-state index contributed by atoms with van der Waals surface area (Å²) in [7, 11) is 0. The fourth-order valence-electron chi connectivity index (χ4n) is 6.44. The monoisotopic (exact) mass is 488 g/mol. The summed E-state index contributed by atoms with van der Waals surface area (Å²) in [4.78, 5) is 27.6. The number of likely N-dealkylation sites (tertiary alicyclic amines) is 1. The van der Waals surface area contributed by atoms with Crippen molar-refractivity contribution >= 4 is 11.9 Å². The molecule has 3 heterocycles. The van der Waals surface area contributed by atoms with Crippen molar-refractivity contribution in [1.82, 2.24) is 10.2 Å². The Labute approximate surface area is 213 Å². The van der Waals surface area contributed by atoms with Gasteiger partial charge in [-0.1, -0.05) is 42.5 Å². The highest BCUT2D eigenvalue weighted by Gasteiger charge is 2.54. The van der Waals surface area contributed by atoms with E-state index in [-0.39, 0.29) is 29.4 Å². The number of carbonyl (C=O) groups excluding carboxylic acids is 2. The van der Waals surface area contributed by atoms with E-state index in [1.54, 1.807) is 0 Å². The van der Waals surface area contributed by atoms with Gasteiger partial charge < -0.3 is 20.1 Å². The van der Waals surface area contributed by atoms with E-state index >= 15 is 0 Å². The van der Waals surface area contributed by atoms with Crippen molar-refractivity contribution in [3.63, 3.8) is 0 Å². The average molecular weight is 489 g/mol. The Morgan fingerprint density at radius 2 is 1.75 bits per heavy atom. The van der Waals surface area contributed by atoms with E-state index in [1.165, 1.54) is 18.4 Å². The van der Waals surface area contributed by atoms with Gasteiger partial charge in [-0.3, -0.25) is 9.59 Å². The van der Waals surface area contributed by atoms with Gasteiger partial charge in [0.25, 0.3) is 5.91 Å². The van der Waals surface area contributed by atoms with Gasteiger partial charge in [-0.25, -0.2) is 0 Å². The third-order valence-electron chi connectivity index (χ3n) is 8.92. The van der Waals surface area contributed by atoms with Crippen LogP contribution >= 0.6 is 0 Å². The standard InChI is InChI=1S/C30H36N2O4/c33-27(22-4-2-1-3-5-22)25-13-12-24(31-25)18-20-6-8-23(9-7-20)28(34)32-16-14-30(15-17-32)19-26(21-10-11-21)36-29(30)35/h1-9,21,24-27,31,33H,10-19H2/t24-,25+,26?,27+/m0/s1. The van der Waals surface area contributed by atoms with Crippen molar-refractivity contribution in [3.8, 4) is 0 Å². The molecule has 4 aliphatic rings. The van der Waals surface area contributed by atoms with Gasteiger partial charge in [0.15, 0.2) is 0 Å². The van der Waals surface area contributed by atoms with Crippen LogP contribution in [-0.4, -0.2) is 53.2 Å². The molecule has 0 aromatic heterocycles. The topological polar surface area (TPSA) is 78.9 Å². The van der Waals surface area contributed by atoms with Gasteiger partial charge in [0, 0.05) is 37.2 Å². The van der Waals surface area contributed by atoms with Crippen molar-refractivity contribution < 1.29 is 19.4 Å². The fourth-order valence-corrected chi connectivity index (χ4v) is 6.44. The number of nitrogens with one attached hydrogen (secondary N) is 1. The molecule has 2 N–H and O–H groups in total. The zero-order chi connectivity index (χ0) is 24.7. The molecule has 2 aromatic carbocycles. The molecule has 1 spiro atoms. The number of cyclic esters (lactones) is 1. The van der Waals surface area contributed by atoms with Crippen LogP contribution in [0.3, 0.4) is 0 Å². The van der Waals surface area contributed by atoms with Crippen LogP contribution in [0.1, 0.15) is 72.5 Å². The lowest BCUT2D eigenvalue weighted by Gasteiger charge is -2.36. The zero-order valence-corrected chi connectivity index (χ0v) is 20.8. The maximum Gasteiger partial charge on any atom is 0.312 e. The molecule has 3 aliphatic heterocycles. The highest BCUT2D eigenvalue weighted by atomic mass is 16.6. The summed E-state index contributed by atoms with van der Waals surface area (Å²) in [6.45, 7) is 1.23. The van der Waals surface area contributed by atoms with Crippen molar-refractivity contribution in [2.75, 3.05) is 13.1 Å². The Morgan fingerprint density at radius 3 is 2.44 bits per heavy atom. The second-order valence-corrected chi connectivity index (χ2v) is 11.4. The molecule has 1 aliphatic carbocycles. The molecule has 1 unspecified atom stereocenters. The molecule has 190 valence electrons. The quantitative estimate of drug-likeness (QED) is 0.601. The van der Waals surface area contributed by atoms with Crippen LogP contribution in [0.5, 0.6) is 0 Å². The number of aliphatic hydroxyl groups is 1. The Bertz CT molecular complexity index is 1090. The highest BCUT2D eigenvalue weighted by Crippen LogP contribution is 2.49. The molecule has 1 saturated carbocycles. The van der Waals surface area contributed by atoms with E-state index in [4.69, 9.17) is 4.74 Å². The lowest BCUT2D eigenvalue weighted by atomic mass is 9.75. The SMILES string of the molecule is O=C(c1ccc(C[C@@H]2CC[C@H]([C@H](O)c3ccccc3)N2)cc1)N1CCC2(CC1)CC(C1CC1)OC2=O. The van der Waals surface area contributed by atoms with Crippen LogP contribution in [0.25, 0.3) is 0 Å². The van der Waals surface area contributed by atoms with Gasteiger partial charge in [-0.05, 0) is 74.1 Å². The lowest BCUT2D eigenvalue weighted by molar-refractivity contribution is -0.151. The van der Waals surface area contributed by atoms with Crippen LogP contribution in [0.4, 0.5) is 0 Å². The molecule has 6 rings (SSSR count). The summed E-state index contributed by atoms with van der Waals surface area (Å²) in [6, 6.07) is 18.2. The van der Waals surface area contributed by atoms with Crippen molar-refractivity contribution in [2.45, 2.75) is 75.7 Å². The zero-order valence-electron chi connectivity index (χ0n) is 20.8. The van der Waals surface area contributed by atoms with E-state index < -0.39 is 6.10 Å². The number of carbonyl (C=O) groups is 2. The lowest BCUT2D eigenvalue weighted by Crippen LogP contribution is -2.45. The largest absolute Gasteiger partial charge is 0.462 e. The first-order chi connectivity index (χ1) is 17.5. The van der Waals surface area contributed by atoms with Gasteiger partial charge >= 0.3 is 5.97 Å². The van der Waals surface area contributed by atoms with Crippen molar-refractivity contribution in [1.29, 1.82) is 0 Å². The minimum absolute atomic E-state index is 0.0325. The van der Waals surface area contributed by atoms with Gasteiger partial charge in [0.2, 0.25) is 0 Å². The Balaban J connectivity index is 1.01. The maximum absolute atomic E-state index is 13.1. The van der Waals surface area contributed by atoms with Gasteiger partial charge in [0.05, 0.1) is 11.5 Å². The van der Waals surface area contributed by atoms with Crippen LogP contribution in [0, 0.1) is 11.3 Å². The van der Waals surface area contributed by atoms with E-state index in [0.717, 1.165) is 31.2 Å². The number of rotatable bonds is 6. The number of piperidine rings is 1. The minimum atomic E-state index is -0.495. The van der Waals surface area contributed by atoms with E-state index in [9.17, 15) is 14.7 Å². The number of ether oxygens (including phenoxy) is 1. The fraction of sp³-hybridized carbons (Fsp3) is 0.533. The van der Waals surface area contributed by atoms with E-state index in [0.29, 0.717) is 43.5 Å². The molecule has 1 amide bonds. The first-order valence-electron chi connectivity index (χ1n) is 13.6. The van der Waals surface area contributed by atoms with Crippen LogP contribution < -0.4 is 5.32 Å². The van der Waals surface area contributed by atoms with Gasteiger partial charge in [0.1, 0.15) is 6.10 Å². The molecule has 6 heteroatoms. The predicted molar refractivity (Wildman–Crippen MR) is 136 cm³/mol. The number of amides is 1. The van der Waals surface area contributed by atoms with E-state index in [2.05, 4.69) is 17.4 Å². The van der Waals surface area contributed by atoms with Crippen molar-refractivity contribution in [3.05, 3.63) is 71.3 Å². The summed E-state index contributed by atoms with van der Waals surface area (Å²) in [5, 5.41) is 14.3. The molecule has 6 nitrogen and oxygen atoms in total. The van der Waals surface area contributed by atoms with E-state index in [1.807, 2.05) is 47.4 Å².